The first-order valence-electron chi connectivity index (χ1n) is 9.09. The van der Waals surface area contributed by atoms with Crippen LogP contribution in [0.1, 0.15) is 37.6 Å². The van der Waals surface area contributed by atoms with Crippen molar-refractivity contribution in [1.82, 2.24) is 14.8 Å². The zero-order valence-corrected chi connectivity index (χ0v) is 16.0. The van der Waals surface area contributed by atoms with Gasteiger partial charge in [0.2, 0.25) is 0 Å². The standard InChI is InChI=1S/C21H25N3O3/c1-21(2,3)24(13-11-16-8-5-4-6-9-16)20(26)27-19(25)23-14-17-10-7-12-22-18(17)15-23/h4-10,12H,11,13-15H2,1-3H3. The van der Waals surface area contributed by atoms with Gasteiger partial charge in [-0.3, -0.25) is 9.88 Å². The van der Waals surface area contributed by atoms with Crippen molar-refractivity contribution in [3.05, 3.63) is 65.5 Å². The lowest BCUT2D eigenvalue weighted by Crippen LogP contribution is -2.48. The number of carbonyl (C=O) groups excluding carboxylic acids is 2. The maximum absolute atomic E-state index is 12.7. The van der Waals surface area contributed by atoms with Gasteiger partial charge in [-0.1, -0.05) is 36.4 Å². The summed E-state index contributed by atoms with van der Waals surface area (Å²) in [6.07, 6.45) is 1.14. The first-order chi connectivity index (χ1) is 12.8. The van der Waals surface area contributed by atoms with Crippen molar-refractivity contribution in [2.75, 3.05) is 6.54 Å². The zero-order valence-electron chi connectivity index (χ0n) is 16.0. The Labute approximate surface area is 159 Å². The fraction of sp³-hybridized carbons (Fsp3) is 0.381. The fourth-order valence-corrected chi connectivity index (χ4v) is 3.11. The molecule has 27 heavy (non-hydrogen) atoms. The lowest BCUT2D eigenvalue weighted by atomic mass is 10.1. The number of benzene rings is 1. The van der Waals surface area contributed by atoms with Gasteiger partial charge in [0.05, 0.1) is 18.8 Å². The van der Waals surface area contributed by atoms with E-state index in [-0.39, 0.29) is 0 Å². The van der Waals surface area contributed by atoms with Crippen LogP contribution in [0.15, 0.2) is 48.7 Å². The highest BCUT2D eigenvalue weighted by Gasteiger charge is 2.32. The van der Waals surface area contributed by atoms with Crippen LogP contribution in [-0.2, 0) is 24.2 Å². The predicted molar refractivity (Wildman–Crippen MR) is 102 cm³/mol. The molecule has 0 bridgehead atoms. The van der Waals surface area contributed by atoms with Gasteiger partial charge in [0, 0.05) is 18.3 Å². The molecule has 1 aliphatic rings. The number of nitrogens with zero attached hydrogens (tertiary/aromatic N) is 3. The van der Waals surface area contributed by atoms with Gasteiger partial charge >= 0.3 is 12.2 Å². The third-order valence-corrected chi connectivity index (χ3v) is 4.62. The number of pyridine rings is 1. The maximum Gasteiger partial charge on any atom is 0.419 e. The van der Waals surface area contributed by atoms with Crippen molar-refractivity contribution in [2.45, 2.75) is 45.8 Å². The van der Waals surface area contributed by atoms with Crippen LogP contribution in [0.3, 0.4) is 0 Å². The molecule has 1 aliphatic heterocycles. The minimum absolute atomic E-state index is 0.363. The molecule has 0 unspecified atom stereocenters. The van der Waals surface area contributed by atoms with Gasteiger partial charge in [0.15, 0.2) is 0 Å². The van der Waals surface area contributed by atoms with Crippen molar-refractivity contribution < 1.29 is 14.3 Å². The molecule has 0 atom stereocenters. The third-order valence-electron chi connectivity index (χ3n) is 4.62. The summed E-state index contributed by atoms with van der Waals surface area (Å²) in [5.41, 5.74) is 2.51. The number of amides is 2. The number of carbonyl (C=O) groups is 2. The number of ether oxygens (including phenoxy) is 1. The van der Waals surface area contributed by atoms with Gasteiger partial charge in [0.1, 0.15) is 0 Å². The highest BCUT2D eigenvalue weighted by Crippen LogP contribution is 2.22. The first-order valence-corrected chi connectivity index (χ1v) is 9.09. The Bertz CT molecular complexity index is 790. The Kier molecular flexibility index (Phi) is 5.44. The molecule has 0 fully saturated rings. The van der Waals surface area contributed by atoms with E-state index in [0.717, 1.165) is 16.8 Å². The van der Waals surface area contributed by atoms with Gasteiger partial charge in [-0.25, -0.2) is 9.59 Å². The molecule has 3 rings (SSSR count). The van der Waals surface area contributed by atoms with Crippen LogP contribution in [-0.4, -0.2) is 39.1 Å². The molecule has 1 aromatic heterocycles. The second-order valence-electron chi connectivity index (χ2n) is 7.66. The number of fused-ring (bicyclic) bond motifs is 1. The van der Waals surface area contributed by atoms with Gasteiger partial charge in [-0.05, 0) is 44.4 Å². The van der Waals surface area contributed by atoms with E-state index in [9.17, 15) is 9.59 Å². The fourth-order valence-electron chi connectivity index (χ4n) is 3.11. The molecule has 142 valence electrons. The molecule has 0 spiro atoms. The van der Waals surface area contributed by atoms with Crippen LogP contribution in [0.2, 0.25) is 0 Å². The van der Waals surface area contributed by atoms with E-state index < -0.39 is 17.7 Å². The van der Waals surface area contributed by atoms with Crippen molar-refractivity contribution >= 4 is 12.2 Å². The summed E-state index contributed by atoms with van der Waals surface area (Å²) < 4.78 is 5.19. The number of rotatable bonds is 3. The van der Waals surface area contributed by atoms with Crippen LogP contribution in [0, 0.1) is 0 Å². The molecule has 2 heterocycles. The van der Waals surface area contributed by atoms with E-state index in [4.69, 9.17) is 4.74 Å². The van der Waals surface area contributed by atoms with Crippen LogP contribution in [0.25, 0.3) is 0 Å². The van der Waals surface area contributed by atoms with Crippen molar-refractivity contribution in [2.24, 2.45) is 0 Å². The second kappa shape index (κ2) is 7.78. The van der Waals surface area contributed by atoms with Crippen molar-refractivity contribution in [3.8, 4) is 0 Å². The molecule has 0 N–H and O–H groups in total. The molecule has 6 nitrogen and oxygen atoms in total. The first kappa shape index (κ1) is 18.9. The molecule has 2 amide bonds. The average Bonchev–Trinajstić information content (AvgIpc) is 3.06. The summed E-state index contributed by atoms with van der Waals surface area (Å²) in [5, 5.41) is 0. The van der Waals surface area contributed by atoms with Gasteiger partial charge in [-0.15, -0.1) is 0 Å². The summed E-state index contributed by atoms with van der Waals surface area (Å²) in [5.74, 6) is 0. The highest BCUT2D eigenvalue weighted by molar-refractivity contribution is 5.84. The Morgan fingerprint density at radius 1 is 1.11 bits per heavy atom. The molecular weight excluding hydrogens is 342 g/mol. The Hall–Kier alpha value is -2.89. The Morgan fingerprint density at radius 3 is 2.52 bits per heavy atom. The van der Waals surface area contributed by atoms with Crippen molar-refractivity contribution in [3.63, 3.8) is 0 Å². The minimum Gasteiger partial charge on any atom is -0.359 e. The lowest BCUT2D eigenvalue weighted by molar-refractivity contribution is 0.0696. The van der Waals surface area contributed by atoms with Gasteiger partial charge in [0.25, 0.3) is 0 Å². The molecule has 1 aromatic carbocycles. The van der Waals surface area contributed by atoms with E-state index in [1.165, 1.54) is 4.90 Å². The summed E-state index contributed by atoms with van der Waals surface area (Å²) in [6.45, 7) is 7.04. The quantitative estimate of drug-likeness (QED) is 0.770. The van der Waals surface area contributed by atoms with Crippen LogP contribution in [0.5, 0.6) is 0 Å². The average molecular weight is 367 g/mol. The minimum atomic E-state index is -0.632. The lowest BCUT2D eigenvalue weighted by Gasteiger charge is -2.34. The number of aromatic nitrogens is 1. The summed E-state index contributed by atoms with van der Waals surface area (Å²) in [7, 11) is 0. The molecule has 0 saturated carbocycles. The molecule has 6 heteroatoms. The van der Waals surface area contributed by atoms with Gasteiger partial charge in [-0.2, -0.15) is 0 Å². The van der Waals surface area contributed by atoms with E-state index >= 15 is 0 Å². The summed E-state index contributed by atoms with van der Waals surface area (Å²) >= 11 is 0. The molecule has 2 aromatic rings. The third kappa shape index (κ3) is 4.64. The van der Waals surface area contributed by atoms with Crippen LogP contribution in [0.4, 0.5) is 9.59 Å². The SMILES string of the molecule is CC(C)(C)N(CCc1ccccc1)C(=O)OC(=O)N1Cc2cccnc2C1. The highest BCUT2D eigenvalue weighted by atomic mass is 16.6. The van der Waals surface area contributed by atoms with Crippen LogP contribution < -0.4 is 0 Å². The molecular formula is C21H25N3O3. The Morgan fingerprint density at radius 2 is 1.85 bits per heavy atom. The molecule has 0 radical (unpaired) electrons. The second-order valence-corrected chi connectivity index (χ2v) is 7.66. The Balaban J connectivity index is 1.62. The zero-order chi connectivity index (χ0) is 19.4. The van der Waals surface area contributed by atoms with E-state index in [1.54, 1.807) is 11.1 Å². The monoisotopic (exact) mass is 367 g/mol. The molecule has 0 aliphatic carbocycles. The van der Waals surface area contributed by atoms with E-state index in [0.29, 0.717) is 26.1 Å². The molecule has 0 saturated heterocycles. The topological polar surface area (TPSA) is 62.7 Å². The van der Waals surface area contributed by atoms with E-state index in [1.807, 2.05) is 63.2 Å². The number of hydrogen-bond donors (Lipinski definition) is 0. The maximum atomic E-state index is 12.7. The summed E-state index contributed by atoms with van der Waals surface area (Å²) in [4.78, 5) is 32.5. The van der Waals surface area contributed by atoms with Crippen molar-refractivity contribution in [1.29, 1.82) is 0 Å². The predicted octanol–water partition coefficient (Wildman–Crippen LogP) is 4.00. The smallest absolute Gasteiger partial charge is 0.359 e. The van der Waals surface area contributed by atoms with E-state index in [2.05, 4.69) is 4.98 Å². The number of hydrogen-bond acceptors (Lipinski definition) is 4. The van der Waals surface area contributed by atoms with Gasteiger partial charge < -0.3 is 9.64 Å². The summed E-state index contributed by atoms with van der Waals surface area (Å²) in [6, 6.07) is 13.7. The van der Waals surface area contributed by atoms with Crippen LogP contribution >= 0.6 is 0 Å². The largest absolute Gasteiger partial charge is 0.419 e. The normalized spacial score (nSPS) is 13.2.